The van der Waals surface area contributed by atoms with Crippen LogP contribution < -0.4 is 5.30 Å². The Bertz CT molecular complexity index is 597. The number of hydrogen-bond acceptors (Lipinski definition) is 3. The summed E-state index contributed by atoms with van der Waals surface area (Å²) in [6.07, 6.45) is 0. The van der Waals surface area contributed by atoms with Crippen LogP contribution in [0.2, 0.25) is 0 Å². The van der Waals surface area contributed by atoms with Gasteiger partial charge in [0.05, 0.1) is 0 Å². The van der Waals surface area contributed by atoms with Crippen molar-refractivity contribution in [3.05, 3.63) is 30.3 Å². The third kappa shape index (κ3) is 3.77. The number of hydrogen-bond donors (Lipinski definition) is 0. The molecule has 0 N–H and O–H groups in total. The van der Waals surface area contributed by atoms with Crippen LogP contribution in [-0.4, -0.2) is 0 Å². The van der Waals surface area contributed by atoms with Crippen LogP contribution in [0.3, 0.4) is 0 Å². The quantitative estimate of drug-likeness (QED) is 0.409. The maximum Gasteiger partial charge on any atom is 0.256 e. The van der Waals surface area contributed by atoms with E-state index in [1.54, 1.807) is 0 Å². The summed E-state index contributed by atoms with van der Waals surface area (Å²) >= 11 is 27.6. The molecule has 0 bridgehead atoms. The van der Waals surface area contributed by atoms with Gasteiger partial charge in [-0.3, -0.25) is 0 Å². The second kappa shape index (κ2) is 5.15. The van der Waals surface area contributed by atoms with E-state index in [2.05, 4.69) is 29.0 Å². The van der Waals surface area contributed by atoms with E-state index in [9.17, 15) is 0 Å². The first kappa shape index (κ1) is 14.9. The summed E-state index contributed by atoms with van der Waals surface area (Å²) in [6, 6.07) is 9.40. The van der Waals surface area contributed by atoms with E-state index < -0.39 is 17.7 Å². The molecule has 0 aliphatic carbocycles. The molecule has 94 valence electrons. The van der Waals surface area contributed by atoms with Gasteiger partial charge in [-0.15, -0.1) is 0 Å². The molecular formula is C6H5BrCl4N3P3. The van der Waals surface area contributed by atoms with Crippen molar-refractivity contribution in [2.45, 2.75) is 0 Å². The minimum Gasteiger partial charge on any atom is -0.198 e. The molecule has 1 aliphatic heterocycles. The lowest BCUT2D eigenvalue weighted by Crippen LogP contribution is -1.97. The first-order chi connectivity index (χ1) is 7.73. The Labute approximate surface area is 126 Å². The van der Waals surface area contributed by atoms with Gasteiger partial charge in [-0.05, 0) is 60.5 Å². The highest BCUT2D eigenvalue weighted by molar-refractivity contribution is 9.41. The summed E-state index contributed by atoms with van der Waals surface area (Å²) < 4.78 is 12.5. The van der Waals surface area contributed by atoms with Crippen LogP contribution in [-0.2, 0) is 0 Å². The van der Waals surface area contributed by atoms with Crippen molar-refractivity contribution in [3.8, 4) is 0 Å². The Kier molecular flexibility index (Phi) is 4.53. The van der Waals surface area contributed by atoms with E-state index in [-0.39, 0.29) is 0 Å². The first-order valence-electron chi connectivity index (χ1n) is 4.18. The van der Waals surface area contributed by atoms with Crippen molar-refractivity contribution in [2.75, 3.05) is 0 Å². The summed E-state index contributed by atoms with van der Waals surface area (Å²) in [5, 5.41) is 0.867. The molecule has 0 radical (unpaired) electrons. The molecule has 0 saturated heterocycles. The van der Waals surface area contributed by atoms with Crippen molar-refractivity contribution < 1.29 is 0 Å². The average Bonchev–Trinajstić information content (AvgIpc) is 2.13. The highest BCUT2D eigenvalue weighted by Gasteiger charge is 2.32. The van der Waals surface area contributed by atoms with Gasteiger partial charge in [-0.2, -0.15) is 13.5 Å². The summed E-state index contributed by atoms with van der Waals surface area (Å²) in [5.41, 5.74) is 0. The topological polar surface area (TPSA) is 37.1 Å². The van der Waals surface area contributed by atoms with Gasteiger partial charge >= 0.3 is 0 Å². The third-order valence-electron chi connectivity index (χ3n) is 1.75. The van der Waals surface area contributed by atoms with E-state index in [0.717, 1.165) is 5.30 Å². The van der Waals surface area contributed by atoms with Gasteiger partial charge in [0.25, 0.3) is 11.8 Å². The molecule has 0 saturated carbocycles. The number of nitrogens with zero attached hydrogens (tertiary/aromatic N) is 3. The molecular weight excluding hydrogens is 429 g/mol. The lowest BCUT2D eigenvalue weighted by Gasteiger charge is -2.22. The largest absolute Gasteiger partial charge is 0.256 e. The van der Waals surface area contributed by atoms with Crippen molar-refractivity contribution in [2.24, 2.45) is 13.5 Å². The van der Waals surface area contributed by atoms with Gasteiger partial charge < -0.3 is 0 Å². The summed E-state index contributed by atoms with van der Waals surface area (Å²) in [7, 11) is 0. The van der Waals surface area contributed by atoms with Gasteiger partial charge in [0.2, 0.25) is 0 Å². The molecule has 17 heavy (non-hydrogen) atoms. The Morgan fingerprint density at radius 3 is 1.88 bits per heavy atom. The Morgan fingerprint density at radius 1 is 0.824 bits per heavy atom. The standard InChI is InChI=1S/C6H5BrCl4N3P3/c7-15(6-4-2-1-3-5-6)12-16(8,9)14-17(10,11)13-15/h1-5H. The molecule has 11 heteroatoms. The molecule has 0 amide bonds. The van der Waals surface area contributed by atoms with E-state index in [1.807, 2.05) is 30.3 Å². The van der Waals surface area contributed by atoms with Crippen LogP contribution in [0.15, 0.2) is 43.9 Å². The molecule has 2 rings (SSSR count). The second-order valence-electron chi connectivity index (χ2n) is 3.04. The Hall–Kier alpha value is 1.55. The fraction of sp³-hybridized carbons (Fsp3) is 0. The molecule has 1 aromatic rings. The summed E-state index contributed by atoms with van der Waals surface area (Å²) in [6.45, 7) is 0. The zero-order valence-electron chi connectivity index (χ0n) is 7.96. The fourth-order valence-corrected chi connectivity index (χ4v) is 22.9. The molecule has 1 unspecified atom stereocenters. The highest BCUT2D eigenvalue weighted by atomic mass is 79.9. The fourth-order valence-electron chi connectivity index (χ4n) is 1.19. The predicted molar refractivity (Wildman–Crippen MR) is 86.5 cm³/mol. The second-order valence-corrected chi connectivity index (χ2v) is 18.2. The van der Waals surface area contributed by atoms with E-state index in [1.165, 1.54) is 0 Å². The molecule has 0 spiro atoms. The molecule has 0 aromatic heterocycles. The van der Waals surface area contributed by atoms with Crippen LogP contribution in [0.25, 0.3) is 0 Å². The summed E-state index contributed by atoms with van der Waals surface area (Å²) in [5.74, 6) is -8.13. The average molecular weight is 434 g/mol. The minimum atomic E-state index is -2.86. The Morgan fingerprint density at radius 2 is 1.35 bits per heavy atom. The Balaban J connectivity index is 2.73. The molecule has 1 aliphatic rings. The van der Waals surface area contributed by atoms with Gasteiger partial charge in [0.1, 0.15) is 0 Å². The molecule has 1 atom stereocenters. The minimum absolute atomic E-state index is 0.867. The maximum atomic E-state index is 6.03. The number of rotatable bonds is 1. The van der Waals surface area contributed by atoms with Crippen LogP contribution >= 0.6 is 78.2 Å². The van der Waals surface area contributed by atoms with Gasteiger partial charge in [0.15, 0.2) is 5.91 Å². The van der Waals surface area contributed by atoms with Crippen molar-refractivity contribution in [1.82, 2.24) is 0 Å². The normalized spacial score (nSPS) is 29.7. The lowest BCUT2D eigenvalue weighted by atomic mass is 10.4. The lowest BCUT2D eigenvalue weighted by molar-refractivity contribution is 1.73. The van der Waals surface area contributed by atoms with Crippen LogP contribution in [0.1, 0.15) is 0 Å². The maximum absolute atomic E-state index is 6.03. The van der Waals surface area contributed by atoms with E-state index >= 15 is 0 Å². The van der Waals surface area contributed by atoms with Crippen molar-refractivity contribution >= 4 is 83.5 Å². The van der Waals surface area contributed by atoms with Crippen LogP contribution in [0, 0.1) is 0 Å². The van der Waals surface area contributed by atoms with E-state index in [0.29, 0.717) is 0 Å². The van der Waals surface area contributed by atoms with Gasteiger partial charge in [-0.25, -0.2) is 0 Å². The predicted octanol–water partition coefficient (Wildman–Crippen LogP) is 7.60. The molecule has 1 heterocycles. The van der Waals surface area contributed by atoms with Crippen molar-refractivity contribution in [3.63, 3.8) is 0 Å². The zero-order chi connectivity index (χ0) is 12.7. The zero-order valence-corrected chi connectivity index (χ0v) is 15.3. The van der Waals surface area contributed by atoms with Gasteiger partial charge in [-0.1, -0.05) is 30.3 Å². The van der Waals surface area contributed by atoms with Crippen molar-refractivity contribution in [1.29, 1.82) is 0 Å². The number of halogens is 5. The van der Waals surface area contributed by atoms with E-state index in [4.69, 9.17) is 45.0 Å². The first-order valence-corrected chi connectivity index (χ1v) is 14.9. The monoisotopic (exact) mass is 431 g/mol. The molecule has 1 aromatic carbocycles. The SMILES string of the molecule is ClP1(Cl)=NP(Cl)(Cl)=NP(Br)(c2ccccc2)=N1. The third-order valence-corrected chi connectivity index (χ3v) is 16.7. The summed E-state index contributed by atoms with van der Waals surface area (Å²) in [4.78, 5) is 0. The van der Waals surface area contributed by atoms with Crippen LogP contribution in [0.5, 0.6) is 0 Å². The molecule has 0 fully saturated rings. The smallest absolute Gasteiger partial charge is 0.198 e. The highest BCUT2D eigenvalue weighted by Crippen LogP contribution is 2.86. The molecule has 3 nitrogen and oxygen atoms in total. The van der Waals surface area contributed by atoms with Gasteiger partial charge in [0, 0.05) is 5.30 Å². The van der Waals surface area contributed by atoms with Crippen LogP contribution in [0.4, 0.5) is 0 Å². The number of benzene rings is 1.